The minimum atomic E-state index is -3.45. The van der Waals surface area contributed by atoms with Gasteiger partial charge < -0.3 is 0 Å². The zero-order chi connectivity index (χ0) is 18.4. The van der Waals surface area contributed by atoms with Gasteiger partial charge in [-0.3, -0.25) is 0 Å². The van der Waals surface area contributed by atoms with Crippen LogP contribution in [0.2, 0.25) is 0 Å². The van der Waals surface area contributed by atoms with Crippen LogP contribution in [0.1, 0.15) is 16.8 Å². The summed E-state index contributed by atoms with van der Waals surface area (Å²) in [5.41, 5.74) is 4.03. The first-order chi connectivity index (χ1) is 12.5. The molecule has 0 bridgehead atoms. The fourth-order valence-corrected chi connectivity index (χ4v) is 4.03. The van der Waals surface area contributed by atoms with Crippen molar-refractivity contribution in [2.24, 2.45) is 0 Å². The van der Waals surface area contributed by atoms with E-state index in [2.05, 4.69) is 40.9 Å². The fraction of sp³-hybridized carbons (Fsp3) is 0.150. The Morgan fingerprint density at radius 1 is 1.08 bits per heavy atom. The van der Waals surface area contributed by atoms with E-state index >= 15 is 0 Å². The quantitative estimate of drug-likeness (QED) is 0.662. The van der Waals surface area contributed by atoms with E-state index < -0.39 is 10.0 Å². The number of hydrogen-bond acceptors (Lipinski definition) is 4. The summed E-state index contributed by atoms with van der Waals surface area (Å²) in [6.07, 6.45) is 2.14. The van der Waals surface area contributed by atoms with Gasteiger partial charge in [-0.25, -0.2) is 18.1 Å². The van der Waals surface area contributed by atoms with Crippen LogP contribution < -0.4 is 4.72 Å². The molecule has 0 amide bonds. The van der Waals surface area contributed by atoms with Crippen LogP contribution >= 0.6 is 11.3 Å². The lowest BCUT2D eigenvalue weighted by molar-refractivity contribution is 0.591. The van der Waals surface area contributed by atoms with Crippen LogP contribution in [-0.2, 0) is 16.4 Å². The molecule has 0 aliphatic rings. The first-order valence-electron chi connectivity index (χ1n) is 8.26. The molecule has 1 N–H and O–H groups in total. The minimum absolute atomic E-state index is 0.318. The van der Waals surface area contributed by atoms with Gasteiger partial charge in [0.1, 0.15) is 5.01 Å². The fourth-order valence-electron chi connectivity index (χ4n) is 2.35. The first-order valence-corrected chi connectivity index (χ1v) is 10.7. The highest BCUT2D eigenvalue weighted by Crippen LogP contribution is 2.24. The van der Waals surface area contributed by atoms with Gasteiger partial charge in [-0.15, -0.1) is 11.3 Å². The Bertz CT molecular complexity index is 976. The highest BCUT2D eigenvalue weighted by Gasteiger charge is 2.07. The number of benzene rings is 2. The third kappa shape index (κ3) is 5.36. The molecule has 0 atom stereocenters. The molecule has 26 heavy (non-hydrogen) atoms. The Morgan fingerprint density at radius 3 is 2.54 bits per heavy atom. The van der Waals surface area contributed by atoms with Gasteiger partial charge in [-0.2, -0.15) is 0 Å². The van der Waals surface area contributed by atoms with Gasteiger partial charge in [-0.05, 0) is 18.6 Å². The number of aromatic nitrogens is 1. The van der Waals surface area contributed by atoms with Crippen molar-refractivity contribution in [2.45, 2.75) is 13.3 Å². The molecule has 0 aliphatic heterocycles. The van der Waals surface area contributed by atoms with Crippen LogP contribution in [0.5, 0.6) is 0 Å². The van der Waals surface area contributed by atoms with Crippen LogP contribution in [0.4, 0.5) is 0 Å². The van der Waals surface area contributed by atoms with E-state index in [1.165, 1.54) is 11.0 Å². The summed E-state index contributed by atoms with van der Waals surface area (Å²) in [6, 6.07) is 17.6. The van der Waals surface area contributed by atoms with E-state index in [4.69, 9.17) is 0 Å². The summed E-state index contributed by atoms with van der Waals surface area (Å²) in [5.74, 6) is 0. The molecule has 4 nitrogen and oxygen atoms in total. The van der Waals surface area contributed by atoms with E-state index in [0.717, 1.165) is 21.8 Å². The van der Waals surface area contributed by atoms with E-state index in [0.29, 0.717) is 13.0 Å². The number of nitrogens with zero attached hydrogens (tertiary/aromatic N) is 1. The summed E-state index contributed by atoms with van der Waals surface area (Å²) in [5, 5.41) is 4.12. The van der Waals surface area contributed by atoms with E-state index in [1.54, 1.807) is 17.4 Å². The molecule has 1 aromatic heterocycles. The van der Waals surface area contributed by atoms with Crippen LogP contribution in [0.25, 0.3) is 16.6 Å². The van der Waals surface area contributed by atoms with Crippen LogP contribution in [-0.4, -0.2) is 19.9 Å². The normalized spacial score (nSPS) is 11.9. The van der Waals surface area contributed by atoms with Crippen molar-refractivity contribution in [2.75, 3.05) is 6.54 Å². The van der Waals surface area contributed by atoms with Crippen molar-refractivity contribution in [1.29, 1.82) is 0 Å². The summed E-state index contributed by atoms with van der Waals surface area (Å²) in [4.78, 5) is 4.59. The molecule has 2 aromatic carbocycles. The molecule has 0 fully saturated rings. The standard InChI is InChI=1S/C20H20N2O2S2/c1-16-7-9-18(10-8-16)20-22-19(15-25-20)11-13-21-26(23,24)14-12-17-5-3-2-4-6-17/h2-10,12,14-15,21H,11,13H2,1H3/b14-12+. The molecule has 1 heterocycles. The zero-order valence-electron chi connectivity index (χ0n) is 14.4. The molecule has 134 valence electrons. The maximum absolute atomic E-state index is 12.0. The average Bonchev–Trinajstić information content (AvgIpc) is 3.10. The van der Waals surface area contributed by atoms with Crippen molar-refractivity contribution >= 4 is 27.4 Å². The molecular weight excluding hydrogens is 364 g/mol. The monoisotopic (exact) mass is 384 g/mol. The highest BCUT2D eigenvalue weighted by molar-refractivity contribution is 7.92. The second-order valence-corrected chi connectivity index (χ2v) is 8.42. The van der Waals surface area contributed by atoms with Gasteiger partial charge in [0.25, 0.3) is 0 Å². The largest absolute Gasteiger partial charge is 0.241 e. The van der Waals surface area contributed by atoms with E-state index in [-0.39, 0.29) is 0 Å². The molecule has 3 aromatic rings. The van der Waals surface area contributed by atoms with Crippen LogP contribution in [0, 0.1) is 6.92 Å². The number of aryl methyl sites for hydroxylation is 1. The lowest BCUT2D eigenvalue weighted by atomic mass is 10.2. The van der Waals surface area contributed by atoms with Gasteiger partial charge >= 0.3 is 0 Å². The van der Waals surface area contributed by atoms with Crippen molar-refractivity contribution in [3.8, 4) is 10.6 Å². The van der Waals surface area contributed by atoms with Crippen molar-refractivity contribution in [3.05, 3.63) is 82.2 Å². The summed E-state index contributed by atoms with van der Waals surface area (Å²) >= 11 is 1.57. The number of sulfonamides is 1. The Kier molecular flexibility index (Phi) is 5.98. The number of thiazole rings is 1. The molecule has 0 saturated heterocycles. The van der Waals surface area contributed by atoms with Gasteiger partial charge in [0.05, 0.1) is 5.69 Å². The molecule has 6 heteroatoms. The predicted octanol–water partition coefficient (Wildman–Crippen LogP) is 4.25. The molecule has 0 spiro atoms. The molecular formula is C20H20N2O2S2. The number of rotatable bonds is 7. The van der Waals surface area contributed by atoms with E-state index in [9.17, 15) is 8.42 Å². The lowest BCUT2D eigenvalue weighted by Gasteiger charge is -2.01. The van der Waals surface area contributed by atoms with Crippen molar-refractivity contribution in [1.82, 2.24) is 9.71 Å². The van der Waals surface area contributed by atoms with Crippen molar-refractivity contribution < 1.29 is 8.42 Å². The molecule has 0 saturated carbocycles. The van der Waals surface area contributed by atoms with Crippen LogP contribution in [0.15, 0.2) is 65.4 Å². The number of nitrogens with one attached hydrogen (secondary N) is 1. The van der Waals surface area contributed by atoms with Gasteiger partial charge in [0, 0.05) is 29.3 Å². The molecule has 3 rings (SSSR count). The second kappa shape index (κ2) is 8.40. The third-order valence-corrected chi connectivity index (χ3v) is 5.81. The Morgan fingerprint density at radius 2 is 1.81 bits per heavy atom. The summed E-state index contributed by atoms with van der Waals surface area (Å²) in [7, 11) is -3.45. The number of hydrogen-bond donors (Lipinski definition) is 1. The zero-order valence-corrected chi connectivity index (χ0v) is 16.1. The minimum Gasteiger partial charge on any atom is -0.241 e. The summed E-state index contributed by atoms with van der Waals surface area (Å²) < 4.78 is 26.7. The second-order valence-electron chi connectivity index (χ2n) is 5.91. The van der Waals surface area contributed by atoms with Gasteiger partial charge in [-0.1, -0.05) is 60.2 Å². The Labute approximate surface area is 158 Å². The van der Waals surface area contributed by atoms with Crippen molar-refractivity contribution in [3.63, 3.8) is 0 Å². The smallest absolute Gasteiger partial charge is 0.233 e. The third-order valence-electron chi connectivity index (χ3n) is 3.77. The topological polar surface area (TPSA) is 59.1 Å². The van der Waals surface area contributed by atoms with E-state index in [1.807, 2.05) is 35.7 Å². The maximum Gasteiger partial charge on any atom is 0.233 e. The molecule has 0 radical (unpaired) electrons. The van der Waals surface area contributed by atoms with Gasteiger partial charge in [0.15, 0.2) is 0 Å². The lowest BCUT2D eigenvalue weighted by Crippen LogP contribution is -2.23. The van der Waals surface area contributed by atoms with Gasteiger partial charge in [0.2, 0.25) is 10.0 Å². The SMILES string of the molecule is Cc1ccc(-c2nc(CCNS(=O)(=O)/C=C/c3ccccc3)cs2)cc1. The summed E-state index contributed by atoms with van der Waals surface area (Å²) in [6.45, 7) is 2.37. The predicted molar refractivity (Wildman–Crippen MR) is 108 cm³/mol. The Hall–Kier alpha value is -2.28. The Balaban J connectivity index is 1.54. The average molecular weight is 385 g/mol. The first kappa shape index (κ1) is 18.5. The maximum atomic E-state index is 12.0. The molecule has 0 aliphatic carbocycles. The highest BCUT2D eigenvalue weighted by atomic mass is 32.2. The van der Waals surface area contributed by atoms with Crippen LogP contribution in [0.3, 0.4) is 0 Å². The molecule has 0 unspecified atom stereocenters.